The number of hydrogen-bond acceptors (Lipinski definition) is 3. The van der Waals surface area contributed by atoms with Gasteiger partial charge < -0.3 is 15.3 Å². The van der Waals surface area contributed by atoms with Crippen LogP contribution in [0.3, 0.4) is 0 Å². The Morgan fingerprint density at radius 2 is 2.28 bits per heavy atom. The minimum absolute atomic E-state index is 0.337. The number of carbonyl (C=O) groups is 1. The Morgan fingerprint density at radius 3 is 3.00 bits per heavy atom. The molecule has 0 bridgehead atoms. The Bertz CT molecular complexity index is 537. The highest BCUT2D eigenvalue weighted by Crippen LogP contribution is 2.34. The Morgan fingerprint density at radius 1 is 1.44 bits per heavy atom. The molecule has 2 N–H and O–H groups in total. The van der Waals surface area contributed by atoms with Crippen molar-refractivity contribution in [3.05, 3.63) is 35.4 Å². The summed E-state index contributed by atoms with van der Waals surface area (Å²) in [6.07, 6.45) is 2.29. The van der Waals surface area contributed by atoms with Crippen LogP contribution in [0, 0.1) is 0 Å². The molecule has 0 saturated heterocycles. The van der Waals surface area contributed by atoms with E-state index >= 15 is 0 Å². The summed E-state index contributed by atoms with van der Waals surface area (Å²) in [5, 5.41) is 12.4. The maximum Gasteiger partial charge on any atom is 0.257 e. The molecule has 1 unspecified atom stereocenters. The molecule has 18 heavy (non-hydrogen) atoms. The average molecular weight is 244 g/mol. The molecule has 1 atom stereocenters. The molecule has 0 fully saturated rings. The van der Waals surface area contributed by atoms with Crippen molar-refractivity contribution in [3.8, 4) is 0 Å². The molecule has 1 aromatic carbocycles. The Hall–Kier alpha value is -1.81. The first-order chi connectivity index (χ1) is 8.65. The quantitative estimate of drug-likeness (QED) is 0.741. The zero-order valence-corrected chi connectivity index (χ0v) is 10.3. The number of rotatable bonds is 1. The van der Waals surface area contributed by atoms with Gasteiger partial charge in [0.1, 0.15) is 0 Å². The second-order valence-electron chi connectivity index (χ2n) is 4.91. The van der Waals surface area contributed by atoms with E-state index in [0.717, 1.165) is 30.9 Å². The molecule has 0 saturated carbocycles. The van der Waals surface area contributed by atoms with Gasteiger partial charge in [0.15, 0.2) is 6.10 Å². The van der Waals surface area contributed by atoms with Gasteiger partial charge in [0.2, 0.25) is 0 Å². The lowest BCUT2D eigenvalue weighted by atomic mass is 10.1. The fourth-order valence-electron chi connectivity index (χ4n) is 2.44. The molecule has 4 nitrogen and oxygen atoms in total. The van der Waals surface area contributed by atoms with E-state index < -0.39 is 6.10 Å². The minimum atomic E-state index is -1.02. The largest absolute Gasteiger partial charge is 0.378 e. The lowest BCUT2D eigenvalue weighted by Gasteiger charge is -2.28. The summed E-state index contributed by atoms with van der Waals surface area (Å²) in [5.74, 6) is -0.337. The van der Waals surface area contributed by atoms with Gasteiger partial charge >= 0.3 is 0 Å². The molecule has 4 heteroatoms. The van der Waals surface area contributed by atoms with Crippen molar-refractivity contribution in [2.45, 2.75) is 19.4 Å². The van der Waals surface area contributed by atoms with E-state index in [1.54, 1.807) is 0 Å². The van der Waals surface area contributed by atoms with Crippen LogP contribution in [0.5, 0.6) is 0 Å². The molecule has 2 aliphatic heterocycles. The van der Waals surface area contributed by atoms with Crippen molar-refractivity contribution in [2.24, 2.45) is 0 Å². The van der Waals surface area contributed by atoms with Gasteiger partial charge in [-0.1, -0.05) is 17.7 Å². The topological polar surface area (TPSA) is 52.6 Å². The number of carbonyl (C=O) groups excluding carboxylic acids is 1. The summed E-state index contributed by atoms with van der Waals surface area (Å²) in [6, 6.07) is 5.74. The number of fused-ring (bicyclic) bond motifs is 1. The highest BCUT2D eigenvalue weighted by molar-refractivity contribution is 6.02. The lowest BCUT2D eigenvalue weighted by molar-refractivity contribution is -0.123. The molecule has 2 aliphatic rings. The van der Waals surface area contributed by atoms with Gasteiger partial charge in [-0.2, -0.15) is 0 Å². The molecular formula is C14H16N2O2. The summed E-state index contributed by atoms with van der Waals surface area (Å²) in [6.45, 7) is 4.05. The number of nitrogens with one attached hydrogen (secondary N) is 1. The third kappa shape index (κ3) is 1.78. The van der Waals surface area contributed by atoms with Crippen molar-refractivity contribution >= 4 is 17.3 Å². The Labute approximate surface area is 106 Å². The number of aliphatic hydroxyl groups is 1. The van der Waals surface area contributed by atoms with Crippen LogP contribution in [-0.2, 0) is 4.79 Å². The molecule has 1 amide bonds. The number of hydrogen-bond donors (Lipinski definition) is 2. The summed E-state index contributed by atoms with van der Waals surface area (Å²) in [5.41, 5.74) is 3.92. The maximum atomic E-state index is 11.4. The number of anilines is 2. The van der Waals surface area contributed by atoms with E-state index in [9.17, 15) is 9.90 Å². The first-order valence-corrected chi connectivity index (χ1v) is 6.18. The van der Waals surface area contributed by atoms with Gasteiger partial charge in [-0.25, -0.2) is 0 Å². The van der Waals surface area contributed by atoms with Gasteiger partial charge in [-0.3, -0.25) is 4.79 Å². The summed E-state index contributed by atoms with van der Waals surface area (Å²) >= 11 is 0. The molecule has 3 rings (SSSR count). The van der Waals surface area contributed by atoms with Gasteiger partial charge in [0, 0.05) is 30.0 Å². The molecule has 0 radical (unpaired) electrons. The number of amides is 1. The predicted octanol–water partition coefficient (Wildman–Crippen LogP) is 1.83. The lowest BCUT2D eigenvalue weighted by Crippen LogP contribution is -2.28. The molecule has 94 valence electrons. The van der Waals surface area contributed by atoms with Gasteiger partial charge in [0.05, 0.1) is 0 Å². The van der Waals surface area contributed by atoms with Crippen LogP contribution in [0.25, 0.3) is 0 Å². The summed E-state index contributed by atoms with van der Waals surface area (Å²) < 4.78 is 0. The first-order valence-electron chi connectivity index (χ1n) is 6.18. The fraction of sp³-hybridized carbons (Fsp3) is 0.357. The van der Waals surface area contributed by atoms with E-state index in [0.29, 0.717) is 5.56 Å². The SMILES string of the molecule is CC1=CCN(c2ccc3c(c2)NC(=O)C3O)CC1. The Balaban J connectivity index is 1.88. The second kappa shape index (κ2) is 4.14. The van der Waals surface area contributed by atoms with Crippen LogP contribution in [0.15, 0.2) is 29.8 Å². The summed E-state index contributed by atoms with van der Waals surface area (Å²) in [7, 11) is 0. The average Bonchev–Trinajstić information content (AvgIpc) is 2.65. The molecule has 0 spiro atoms. The monoisotopic (exact) mass is 244 g/mol. The Kier molecular flexibility index (Phi) is 2.59. The zero-order chi connectivity index (χ0) is 12.7. The number of aliphatic hydroxyl groups excluding tert-OH is 1. The maximum absolute atomic E-state index is 11.4. The first kappa shape index (κ1) is 11.3. The minimum Gasteiger partial charge on any atom is -0.378 e. The zero-order valence-electron chi connectivity index (χ0n) is 10.3. The third-order valence-corrected chi connectivity index (χ3v) is 3.64. The summed E-state index contributed by atoms with van der Waals surface area (Å²) in [4.78, 5) is 13.6. The van der Waals surface area contributed by atoms with E-state index in [4.69, 9.17) is 0 Å². The van der Waals surface area contributed by atoms with Crippen LogP contribution in [0.4, 0.5) is 11.4 Å². The molecule has 0 aromatic heterocycles. The molecule has 2 heterocycles. The van der Waals surface area contributed by atoms with Crippen molar-refractivity contribution in [1.82, 2.24) is 0 Å². The van der Waals surface area contributed by atoms with Crippen molar-refractivity contribution in [1.29, 1.82) is 0 Å². The van der Waals surface area contributed by atoms with E-state index in [1.807, 2.05) is 18.2 Å². The smallest absolute Gasteiger partial charge is 0.257 e. The number of nitrogens with zero attached hydrogens (tertiary/aromatic N) is 1. The van der Waals surface area contributed by atoms with Crippen LogP contribution in [-0.4, -0.2) is 24.1 Å². The normalized spacial score (nSPS) is 22.6. The van der Waals surface area contributed by atoms with Crippen molar-refractivity contribution in [2.75, 3.05) is 23.3 Å². The predicted molar refractivity (Wildman–Crippen MR) is 70.6 cm³/mol. The van der Waals surface area contributed by atoms with Crippen LogP contribution < -0.4 is 10.2 Å². The van der Waals surface area contributed by atoms with Crippen LogP contribution in [0.1, 0.15) is 25.0 Å². The third-order valence-electron chi connectivity index (χ3n) is 3.64. The van der Waals surface area contributed by atoms with Gasteiger partial charge in [-0.05, 0) is 25.5 Å². The van der Waals surface area contributed by atoms with Crippen LogP contribution >= 0.6 is 0 Å². The molecule has 0 aliphatic carbocycles. The van der Waals surface area contributed by atoms with Gasteiger partial charge in [0.25, 0.3) is 5.91 Å². The van der Waals surface area contributed by atoms with Gasteiger partial charge in [-0.15, -0.1) is 0 Å². The van der Waals surface area contributed by atoms with Crippen molar-refractivity contribution < 1.29 is 9.90 Å². The van der Waals surface area contributed by atoms with E-state index in [-0.39, 0.29) is 5.91 Å². The van der Waals surface area contributed by atoms with Crippen molar-refractivity contribution in [3.63, 3.8) is 0 Å². The fourth-order valence-corrected chi connectivity index (χ4v) is 2.44. The standard InChI is InChI=1S/C14H16N2O2/c1-9-4-6-16(7-5-9)10-2-3-11-12(8-10)15-14(18)13(11)17/h2-4,8,13,17H,5-7H2,1H3,(H,15,18). The highest BCUT2D eigenvalue weighted by Gasteiger charge is 2.28. The highest BCUT2D eigenvalue weighted by atomic mass is 16.3. The number of benzene rings is 1. The second-order valence-corrected chi connectivity index (χ2v) is 4.91. The van der Waals surface area contributed by atoms with Crippen LogP contribution in [0.2, 0.25) is 0 Å². The molecular weight excluding hydrogens is 228 g/mol. The van der Waals surface area contributed by atoms with E-state index in [1.165, 1.54) is 5.57 Å². The van der Waals surface area contributed by atoms with E-state index in [2.05, 4.69) is 23.2 Å². The molecule has 1 aromatic rings.